The highest BCUT2D eigenvalue weighted by Crippen LogP contribution is 2.31. The second-order valence-corrected chi connectivity index (χ2v) is 6.28. The summed E-state index contributed by atoms with van der Waals surface area (Å²) in [4.78, 5) is 7.22. The third kappa shape index (κ3) is 2.87. The van der Waals surface area contributed by atoms with Crippen LogP contribution in [-0.4, -0.2) is 75.1 Å². The summed E-state index contributed by atoms with van der Waals surface area (Å²) >= 11 is 0. The van der Waals surface area contributed by atoms with E-state index in [4.69, 9.17) is 5.73 Å². The van der Waals surface area contributed by atoms with Crippen molar-refractivity contribution in [1.82, 2.24) is 14.7 Å². The number of likely N-dealkylation sites (tertiary alicyclic amines) is 1. The van der Waals surface area contributed by atoms with Gasteiger partial charge in [0.1, 0.15) is 0 Å². The summed E-state index contributed by atoms with van der Waals surface area (Å²) in [7, 11) is 8.82. The number of piperidine rings is 1. The molecule has 0 saturated carbocycles. The summed E-state index contributed by atoms with van der Waals surface area (Å²) in [5.74, 6) is 1.16. The predicted molar refractivity (Wildman–Crippen MR) is 76.3 cm³/mol. The molecular formula is C14H28N4. The van der Waals surface area contributed by atoms with Crippen LogP contribution in [0.1, 0.15) is 6.42 Å². The fourth-order valence-corrected chi connectivity index (χ4v) is 3.49. The molecular weight excluding hydrogens is 224 g/mol. The van der Waals surface area contributed by atoms with Gasteiger partial charge in [-0.2, -0.15) is 0 Å². The van der Waals surface area contributed by atoms with Gasteiger partial charge in [0.15, 0.2) is 0 Å². The minimum absolute atomic E-state index is 0.513. The smallest absolute Gasteiger partial charge is 0.0180 e. The first-order chi connectivity index (χ1) is 8.49. The number of hydrogen-bond acceptors (Lipinski definition) is 4. The Morgan fingerprint density at radius 3 is 2.61 bits per heavy atom. The van der Waals surface area contributed by atoms with Gasteiger partial charge in [-0.1, -0.05) is 6.08 Å². The third-order valence-electron chi connectivity index (χ3n) is 4.58. The molecule has 2 N–H and O–H groups in total. The maximum atomic E-state index is 6.28. The third-order valence-corrected chi connectivity index (χ3v) is 4.58. The van der Waals surface area contributed by atoms with E-state index in [2.05, 4.69) is 49.0 Å². The molecule has 3 atom stereocenters. The van der Waals surface area contributed by atoms with Crippen molar-refractivity contribution in [3.63, 3.8) is 0 Å². The van der Waals surface area contributed by atoms with Crippen LogP contribution in [0, 0.1) is 11.8 Å². The van der Waals surface area contributed by atoms with E-state index < -0.39 is 0 Å². The molecule has 0 radical (unpaired) electrons. The first-order valence-corrected chi connectivity index (χ1v) is 6.98. The van der Waals surface area contributed by atoms with Gasteiger partial charge in [0.05, 0.1) is 0 Å². The van der Waals surface area contributed by atoms with Crippen LogP contribution in [0.4, 0.5) is 0 Å². The maximum Gasteiger partial charge on any atom is 0.0180 e. The Bertz CT molecular complexity index is 313. The molecule has 2 aliphatic rings. The van der Waals surface area contributed by atoms with Crippen molar-refractivity contribution in [2.24, 2.45) is 17.6 Å². The van der Waals surface area contributed by atoms with E-state index in [0.29, 0.717) is 17.9 Å². The van der Waals surface area contributed by atoms with Crippen LogP contribution < -0.4 is 5.73 Å². The zero-order valence-electron chi connectivity index (χ0n) is 12.3. The van der Waals surface area contributed by atoms with E-state index in [1.807, 2.05) is 0 Å². The minimum atomic E-state index is 0.513. The molecule has 1 fully saturated rings. The summed E-state index contributed by atoms with van der Waals surface area (Å²) < 4.78 is 0. The van der Waals surface area contributed by atoms with Gasteiger partial charge < -0.3 is 20.4 Å². The summed E-state index contributed by atoms with van der Waals surface area (Å²) in [6.45, 7) is 4.46. The first kappa shape index (κ1) is 13.8. The fourth-order valence-electron chi connectivity index (χ4n) is 3.49. The van der Waals surface area contributed by atoms with Gasteiger partial charge in [0.25, 0.3) is 0 Å². The average molecular weight is 252 g/mol. The fraction of sp³-hybridized carbons (Fsp3) is 0.857. The Balaban J connectivity index is 2.16. The summed E-state index contributed by atoms with van der Waals surface area (Å²) in [5.41, 5.74) is 7.39. The quantitative estimate of drug-likeness (QED) is 0.765. The van der Waals surface area contributed by atoms with Crippen molar-refractivity contribution in [3.05, 3.63) is 11.8 Å². The Kier molecular flexibility index (Phi) is 4.30. The lowest BCUT2D eigenvalue weighted by molar-refractivity contribution is 0.0606. The number of nitrogens with two attached hydrogens (primary N) is 1. The molecule has 104 valence electrons. The van der Waals surface area contributed by atoms with Crippen molar-refractivity contribution >= 4 is 0 Å². The van der Waals surface area contributed by atoms with Crippen molar-refractivity contribution in [3.8, 4) is 0 Å². The SMILES string of the molecule is CN1CC=C(N)C(C2CN(C)CCC2N(C)C)C1. The van der Waals surface area contributed by atoms with Crippen LogP contribution in [0.3, 0.4) is 0 Å². The molecule has 2 heterocycles. The zero-order chi connectivity index (χ0) is 13.3. The second-order valence-electron chi connectivity index (χ2n) is 6.28. The normalized spacial score (nSPS) is 35.8. The maximum absolute atomic E-state index is 6.28. The number of hydrogen-bond donors (Lipinski definition) is 1. The standard InChI is InChI=1S/C14H28N4/c1-16(2)14-6-8-18(4)10-12(14)11-9-17(3)7-5-13(11)15/h5,11-12,14H,6-10,15H2,1-4H3. The molecule has 0 aromatic carbocycles. The van der Waals surface area contributed by atoms with E-state index in [9.17, 15) is 0 Å². The summed E-state index contributed by atoms with van der Waals surface area (Å²) in [6.07, 6.45) is 3.46. The first-order valence-electron chi connectivity index (χ1n) is 6.98. The molecule has 0 spiro atoms. The molecule has 2 aliphatic heterocycles. The predicted octanol–water partition coefficient (Wildman–Crippen LogP) is 0.273. The van der Waals surface area contributed by atoms with E-state index in [0.717, 1.165) is 25.3 Å². The second kappa shape index (κ2) is 5.59. The topological polar surface area (TPSA) is 35.7 Å². The molecule has 4 nitrogen and oxygen atoms in total. The molecule has 0 bridgehead atoms. The molecule has 18 heavy (non-hydrogen) atoms. The highest BCUT2D eigenvalue weighted by atomic mass is 15.2. The molecule has 4 heteroatoms. The molecule has 3 unspecified atom stereocenters. The summed E-state index contributed by atoms with van der Waals surface area (Å²) in [5, 5.41) is 0. The van der Waals surface area contributed by atoms with Crippen LogP contribution in [0.2, 0.25) is 0 Å². The highest BCUT2D eigenvalue weighted by molar-refractivity contribution is 5.11. The Hall–Kier alpha value is -0.580. The largest absolute Gasteiger partial charge is 0.402 e. The van der Waals surface area contributed by atoms with Gasteiger partial charge in [-0.05, 0) is 47.1 Å². The van der Waals surface area contributed by atoms with Gasteiger partial charge in [-0.25, -0.2) is 0 Å². The van der Waals surface area contributed by atoms with Gasteiger partial charge in [-0.15, -0.1) is 0 Å². The van der Waals surface area contributed by atoms with Crippen molar-refractivity contribution in [2.45, 2.75) is 12.5 Å². The molecule has 1 saturated heterocycles. The van der Waals surface area contributed by atoms with Crippen LogP contribution in [0.15, 0.2) is 11.8 Å². The lowest BCUT2D eigenvalue weighted by Gasteiger charge is -2.45. The van der Waals surface area contributed by atoms with Gasteiger partial charge in [-0.3, -0.25) is 0 Å². The average Bonchev–Trinajstić information content (AvgIpc) is 2.31. The van der Waals surface area contributed by atoms with E-state index >= 15 is 0 Å². The number of rotatable bonds is 2. The molecule has 0 aromatic heterocycles. The van der Waals surface area contributed by atoms with Crippen LogP contribution in [-0.2, 0) is 0 Å². The molecule has 2 rings (SSSR count). The van der Waals surface area contributed by atoms with Crippen LogP contribution >= 0.6 is 0 Å². The van der Waals surface area contributed by atoms with Crippen LogP contribution in [0.5, 0.6) is 0 Å². The number of nitrogens with zero attached hydrogens (tertiary/aromatic N) is 3. The van der Waals surface area contributed by atoms with E-state index in [1.165, 1.54) is 13.0 Å². The van der Waals surface area contributed by atoms with E-state index in [-0.39, 0.29) is 0 Å². The van der Waals surface area contributed by atoms with Gasteiger partial charge in [0, 0.05) is 37.3 Å². The molecule has 0 aliphatic carbocycles. The lowest BCUT2D eigenvalue weighted by Crippen LogP contribution is -2.53. The molecule has 0 amide bonds. The Labute approximate surface area is 111 Å². The summed E-state index contributed by atoms with van der Waals surface area (Å²) in [6, 6.07) is 0.657. The van der Waals surface area contributed by atoms with Crippen molar-refractivity contribution in [2.75, 3.05) is 54.4 Å². The highest BCUT2D eigenvalue weighted by Gasteiger charge is 2.37. The Morgan fingerprint density at radius 2 is 1.94 bits per heavy atom. The lowest BCUT2D eigenvalue weighted by atomic mass is 9.78. The number of likely N-dealkylation sites (N-methyl/N-ethyl adjacent to an activating group) is 1. The van der Waals surface area contributed by atoms with Crippen molar-refractivity contribution in [1.29, 1.82) is 0 Å². The Morgan fingerprint density at radius 1 is 1.22 bits per heavy atom. The molecule has 0 aromatic rings. The monoisotopic (exact) mass is 252 g/mol. The minimum Gasteiger partial charge on any atom is -0.402 e. The van der Waals surface area contributed by atoms with Crippen molar-refractivity contribution < 1.29 is 0 Å². The zero-order valence-corrected chi connectivity index (χ0v) is 12.3. The van der Waals surface area contributed by atoms with Gasteiger partial charge >= 0.3 is 0 Å². The van der Waals surface area contributed by atoms with Gasteiger partial charge in [0.2, 0.25) is 0 Å². The van der Waals surface area contributed by atoms with E-state index in [1.54, 1.807) is 0 Å². The van der Waals surface area contributed by atoms with Crippen LogP contribution in [0.25, 0.3) is 0 Å².